The lowest BCUT2D eigenvalue weighted by Crippen LogP contribution is -2.38. The van der Waals surface area contributed by atoms with Gasteiger partial charge >= 0.3 is 0 Å². The Bertz CT molecular complexity index is 678. The quantitative estimate of drug-likeness (QED) is 0.849. The van der Waals surface area contributed by atoms with E-state index in [0.29, 0.717) is 17.4 Å². The van der Waals surface area contributed by atoms with Gasteiger partial charge in [0, 0.05) is 25.0 Å². The molecule has 0 spiro atoms. The third kappa shape index (κ3) is 4.06. The van der Waals surface area contributed by atoms with Crippen LogP contribution in [0.4, 0.5) is 0 Å². The third-order valence-corrected chi connectivity index (χ3v) is 4.78. The number of carbonyl (C=O) groups excluding carboxylic acids is 1. The number of benzene rings is 1. The zero-order chi connectivity index (χ0) is 16.9. The van der Waals surface area contributed by atoms with E-state index < -0.39 is 0 Å². The first-order valence-electron chi connectivity index (χ1n) is 8.18. The molecule has 0 aliphatic carbocycles. The van der Waals surface area contributed by atoms with Gasteiger partial charge in [0.1, 0.15) is 5.75 Å². The van der Waals surface area contributed by atoms with E-state index in [2.05, 4.69) is 17.1 Å². The standard InChI is InChI=1S/C19H21ClN2O2/c1-24-18-6-2-14(3-7-18)15-8-10-22(11-9-15)19(23)12-17-5-4-16(20)13-21-17/h2-7,13,15H,8-12H2,1H3. The monoisotopic (exact) mass is 344 g/mol. The van der Waals surface area contributed by atoms with Gasteiger partial charge in [-0.25, -0.2) is 0 Å². The van der Waals surface area contributed by atoms with Crippen LogP contribution >= 0.6 is 11.6 Å². The van der Waals surface area contributed by atoms with Crippen LogP contribution in [0.3, 0.4) is 0 Å². The predicted octanol–water partition coefficient (Wildman–Crippen LogP) is 3.69. The Morgan fingerprint density at radius 2 is 1.92 bits per heavy atom. The fourth-order valence-corrected chi connectivity index (χ4v) is 3.23. The maximum atomic E-state index is 12.4. The van der Waals surface area contributed by atoms with Crippen LogP contribution in [0, 0.1) is 0 Å². The number of piperidine rings is 1. The number of pyridine rings is 1. The number of rotatable bonds is 4. The number of methoxy groups -OCH3 is 1. The molecule has 2 aromatic rings. The van der Waals surface area contributed by atoms with Crippen molar-refractivity contribution in [1.29, 1.82) is 0 Å². The largest absolute Gasteiger partial charge is 0.497 e. The molecule has 0 radical (unpaired) electrons. The minimum Gasteiger partial charge on any atom is -0.497 e. The Kier molecular flexibility index (Phi) is 5.36. The topological polar surface area (TPSA) is 42.4 Å². The number of carbonyl (C=O) groups is 1. The van der Waals surface area contributed by atoms with Crippen molar-refractivity contribution in [3.63, 3.8) is 0 Å². The van der Waals surface area contributed by atoms with Crippen molar-refractivity contribution in [2.24, 2.45) is 0 Å². The molecule has 3 rings (SSSR count). The maximum Gasteiger partial charge on any atom is 0.228 e. The van der Waals surface area contributed by atoms with Gasteiger partial charge in [0.15, 0.2) is 0 Å². The Morgan fingerprint density at radius 3 is 2.50 bits per heavy atom. The first-order chi connectivity index (χ1) is 11.7. The van der Waals surface area contributed by atoms with E-state index in [1.165, 1.54) is 5.56 Å². The van der Waals surface area contributed by atoms with Gasteiger partial charge < -0.3 is 9.64 Å². The van der Waals surface area contributed by atoms with Crippen molar-refractivity contribution >= 4 is 17.5 Å². The van der Waals surface area contributed by atoms with Crippen LogP contribution in [0.5, 0.6) is 5.75 Å². The third-order valence-electron chi connectivity index (χ3n) is 4.56. The molecular weight excluding hydrogens is 324 g/mol. The number of amides is 1. The van der Waals surface area contributed by atoms with Gasteiger partial charge in [-0.3, -0.25) is 9.78 Å². The average molecular weight is 345 g/mol. The van der Waals surface area contributed by atoms with Crippen LogP contribution < -0.4 is 4.74 Å². The minimum absolute atomic E-state index is 0.137. The second kappa shape index (κ2) is 7.67. The number of likely N-dealkylation sites (tertiary alicyclic amines) is 1. The second-order valence-corrected chi connectivity index (χ2v) is 6.51. The van der Waals surface area contributed by atoms with Crippen LogP contribution in [0.15, 0.2) is 42.6 Å². The fourth-order valence-electron chi connectivity index (χ4n) is 3.12. The molecule has 5 heteroatoms. The Labute approximate surface area is 147 Å². The van der Waals surface area contributed by atoms with E-state index in [4.69, 9.17) is 16.3 Å². The number of ether oxygens (including phenoxy) is 1. The van der Waals surface area contributed by atoms with Gasteiger partial charge in [-0.2, -0.15) is 0 Å². The van der Waals surface area contributed by atoms with E-state index in [-0.39, 0.29) is 5.91 Å². The van der Waals surface area contributed by atoms with E-state index in [1.807, 2.05) is 23.1 Å². The summed E-state index contributed by atoms with van der Waals surface area (Å²) < 4.78 is 5.20. The summed E-state index contributed by atoms with van der Waals surface area (Å²) in [6, 6.07) is 11.8. The molecule has 126 valence electrons. The summed E-state index contributed by atoms with van der Waals surface area (Å²) in [6.07, 6.45) is 3.91. The van der Waals surface area contributed by atoms with Gasteiger partial charge in [-0.15, -0.1) is 0 Å². The average Bonchev–Trinajstić information content (AvgIpc) is 2.64. The molecule has 1 fully saturated rings. The van der Waals surface area contributed by atoms with Crippen LogP contribution in [0.25, 0.3) is 0 Å². The van der Waals surface area contributed by atoms with Gasteiger partial charge in [0.05, 0.1) is 18.6 Å². The van der Waals surface area contributed by atoms with Gasteiger partial charge in [-0.05, 0) is 48.6 Å². The summed E-state index contributed by atoms with van der Waals surface area (Å²) in [7, 11) is 1.68. The highest BCUT2D eigenvalue weighted by Crippen LogP contribution is 2.29. The zero-order valence-corrected chi connectivity index (χ0v) is 14.5. The molecule has 1 amide bonds. The van der Waals surface area contributed by atoms with Crippen molar-refractivity contribution in [1.82, 2.24) is 9.88 Å². The van der Waals surface area contributed by atoms with Gasteiger partial charge in [-0.1, -0.05) is 23.7 Å². The summed E-state index contributed by atoms with van der Waals surface area (Å²) in [6.45, 7) is 1.59. The number of halogens is 1. The molecule has 2 heterocycles. The fraction of sp³-hybridized carbons (Fsp3) is 0.368. The highest BCUT2D eigenvalue weighted by molar-refractivity contribution is 6.30. The van der Waals surface area contributed by atoms with Crippen LogP contribution in [0.2, 0.25) is 5.02 Å². The zero-order valence-electron chi connectivity index (χ0n) is 13.7. The summed E-state index contributed by atoms with van der Waals surface area (Å²) in [5.74, 6) is 1.52. The molecule has 1 aromatic heterocycles. The molecule has 0 saturated carbocycles. The molecule has 1 saturated heterocycles. The van der Waals surface area contributed by atoms with Crippen molar-refractivity contribution in [2.45, 2.75) is 25.2 Å². The molecule has 0 N–H and O–H groups in total. The number of nitrogens with zero attached hydrogens (tertiary/aromatic N) is 2. The van der Waals surface area contributed by atoms with Crippen molar-refractivity contribution < 1.29 is 9.53 Å². The first kappa shape index (κ1) is 16.8. The normalized spacial score (nSPS) is 15.3. The number of hydrogen-bond acceptors (Lipinski definition) is 3. The SMILES string of the molecule is COc1ccc(C2CCN(C(=O)Cc3ccc(Cl)cn3)CC2)cc1. The molecular formula is C19H21ClN2O2. The maximum absolute atomic E-state index is 12.4. The first-order valence-corrected chi connectivity index (χ1v) is 8.55. The smallest absolute Gasteiger partial charge is 0.228 e. The van der Waals surface area contributed by atoms with Crippen molar-refractivity contribution in [2.75, 3.05) is 20.2 Å². The van der Waals surface area contributed by atoms with E-state index in [9.17, 15) is 4.79 Å². The minimum atomic E-state index is 0.137. The molecule has 0 atom stereocenters. The summed E-state index contributed by atoms with van der Waals surface area (Å²) in [5, 5.41) is 0.589. The summed E-state index contributed by atoms with van der Waals surface area (Å²) in [5.41, 5.74) is 2.09. The molecule has 0 bridgehead atoms. The van der Waals surface area contributed by atoms with E-state index in [0.717, 1.165) is 37.4 Å². The molecule has 1 aliphatic heterocycles. The molecule has 0 unspecified atom stereocenters. The van der Waals surface area contributed by atoms with E-state index >= 15 is 0 Å². The molecule has 1 aromatic carbocycles. The number of aromatic nitrogens is 1. The summed E-state index contributed by atoms with van der Waals surface area (Å²) >= 11 is 5.82. The Balaban J connectivity index is 1.54. The highest BCUT2D eigenvalue weighted by atomic mass is 35.5. The molecule has 4 nitrogen and oxygen atoms in total. The number of hydrogen-bond donors (Lipinski definition) is 0. The van der Waals surface area contributed by atoms with Gasteiger partial charge in [0.2, 0.25) is 5.91 Å². The lowest BCUT2D eigenvalue weighted by atomic mass is 9.89. The van der Waals surface area contributed by atoms with Crippen molar-refractivity contribution in [3.8, 4) is 5.75 Å². The van der Waals surface area contributed by atoms with Crippen molar-refractivity contribution in [3.05, 3.63) is 58.9 Å². The Hall–Kier alpha value is -2.07. The highest BCUT2D eigenvalue weighted by Gasteiger charge is 2.24. The summed E-state index contributed by atoms with van der Waals surface area (Å²) in [4.78, 5) is 18.6. The predicted molar refractivity (Wildman–Crippen MR) is 94.5 cm³/mol. The van der Waals surface area contributed by atoms with Gasteiger partial charge in [0.25, 0.3) is 0 Å². The Morgan fingerprint density at radius 1 is 1.21 bits per heavy atom. The molecule has 1 aliphatic rings. The lowest BCUT2D eigenvalue weighted by Gasteiger charge is -2.32. The van der Waals surface area contributed by atoms with E-state index in [1.54, 1.807) is 19.4 Å². The van der Waals surface area contributed by atoms with Crippen LogP contribution in [-0.4, -0.2) is 36.0 Å². The van der Waals surface area contributed by atoms with Crippen LogP contribution in [-0.2, 0) is 11.2 Å². The lowest BCUT2D eigenvalue weighted by molar-refractivity contribution is -0.131. The van der Waals surface area contributed by atoms with Crippen LogP contribution in [0.1, 0.15) is 30.0 Å². The molecule has 24 heavy (non-hydrogen) atoms. The second-order valence-electron chi connectivity index (χ2n) is 6.07.